The summed E-state index contributed by atoms with van der Waals surface area (Å²) >= 11 is 0. The molecule has 1 aromatic heterocycles. The Kier molecular flexibility index (Phi) is 3.34. The first-order chi connectivity index (χ1) is 9.03. The average Bonchev–Trinajstić information content (AvgIpc) is 2.93. The van der Waals surface area contributed by atoms with E-state index in [9.17, 15) is 4.79 Å². The minimum absolute atomic E-state index is 0.273. The molecule has 0 bridgehead atoms. The van der Waals surface area contributed by atoms with Gasteiger partial charge in [0.15, 0.2) is 0 Å². The molecule has 1 N–H and O–H groups in total. The second-order valence-electron chi connectivity index (χ2n) is 4.71. The number of nitrogens with zero attached hydrogens (tertiary/aromatic N) is 3. The fourth-order valence-corrected chi connectivity index (χ4v) is 1.60. The van der Waals surface area contributed by atoms with Gasteiger partial charge in [-0.1, -0.05) is 12.1 Å². The highest BCUT2D eigenvalue weighted by Crippen LogP contribution is 2.23. The van der Waals surface area contributed by atoms with Crippen LogP contribution in [0.1, 0.15) is 19.4 Å². The first kappa shape index (κ1) is 12.8. The zero-order valence-electron chi connectivity index (χ0n) is 10.8. The molecule has 96 valence electrons. The van der Waals surface area contributed by atoms with Gasteiger partial charge in [0.05, 0.1) is 11.5 Å². The zero-order valence-corrected chi connectivity index (χ0v) is 10.8. The third-order valence-electron chi connectivity index (χ3n) is 2.88. The van der Waals surface area contributed by atoms with Gasteiger partial charge in [-0.05, 0) is 31.5 Å². The maximum Gasteiger partial charge on any atom is 0.331 e. The molecule has 0 unspecified atom stereocenters. The lowest BCUT2D eigenvalue weighted by Gasteiger charge is -2.16. The van der Waals surface area contributed by atoms with E-state index in [0.29, 0.717) is 5.69 Å². The van der Waals surface area contributed by atoms with Gasteiger partial charge in [-0.15, -0.1) is 0 Å². The standard InChI is InChI=1S/C14H14N4O/c1-14(2,9-15)11-3-5-12(6-4-11)17-13(19)18-8-7-16-10-18/h3-8,10H,1-2H3,(H,17,19). The van der Waals surface area contributed by atoms with Gasteiger partial charge < -0.3 is 5.32 Å². The Bertz CT molecular complexity index is 606. The Hall–Kier alpha value is -2.61. The molecular formula is C14H14N4O. The van der Waals surface area contributed by atoms with Crippen molar-refractivity contribution >= 4 is 11.7 Å². The van der Waals surface area contributed by atoms with Crippen molar-refractivity contribution in [2.75, 3.05) is 5.32 Å². The topological polar surface area (TPSA) is 70.7 Å². The van der Waals surface area contributed by atoms with Crippen molar-refractivity contribution in [2.45, 2.75) is 19.3 Å². The molecule has 19 heavy (non-hydrogen) atoms. The van der Waals surface area contributed by atoms with Crippen LogP contribution in [0.15, 0.2) is 43.0 Å². The molecule has 0 atom stereocenters. The molecule has 0 radical (unpaired) electrons. The van der Waals surface area contributed by atoms with E-state index >= 15 is 0 Å². The van der Waals surface area contributed by atoms with Gasteiger partial charge in [-0.2, -0.15) is 5.26 Å². The van der Waals surface area contributed by atoms with Crippen molar-refractivity contribution in [3.63, 3.8) is 0 Å². The van der Waals surface area contributed by atoms with Gasteiger partial charge in [-0.25, -0.2) is 9.78 Å². The Labute approximate surface area is 111 Å². The number of hydrogen-bond donors (Lipinski definition) is 1. The molecule has 0 fully saturated rings. The SMILES string of the molecule is CC(C)(C#N)c1ccc(NC(=O)n2ccnc2)cc1. The lowest BCUT2D eigenvalue weighted by molar-refractivity contribution is 0.253. The van der Waals surface area contributed by atoms with E-state index in [-0.39, 0.29) is 6.03 Å². The highest BCUT2D eigenvalue weighted by Gasteiger charge is 2.19. The quantitative estimate of drug-likeness (QED) is 0.895. The van der Waals surface area contributed by atoms with Gasteiger partial charge in [0.25, 0.3) is 0 Å². The van der Waals surface area contributed by atoms with E-state index in [1.807, 2.05) is 26.0 Å². The molecule has 0 saturated heterocycles. The predicted octanol–water partition coefficient (Wildman–Crippen LogP) is 2.76. The number of carbonyl (C=O) groups excluding carboxylic acids is 1. The summed E-state index contributed by atoms with van der Waals surface area (Å²) in [6.07, 6.45) is 4.54. The summed E-state index contributed by atoms with van der Waals surface area (Å²) in [6.45, 7) is 3.71. The number of nitrogens with one attached hydrogen (secondary N) is 1. The monoisotopic (exact) mass is 254 g/mol. The van der Waals surface area contributed by atoms with E-state index in [1.165, 1.54) is 17.1 Å². The molecule has 0 saturated carbocycles. The number of amides is 1. The lowest BCUT2D eigenvalue weighted by Crippen LogP contribution is -2.18. The van der Waals surface area contributed by atoms with Crippen molar-refractivity contribution in [2.24, 2.45) is 0 Å². The molecule has 5 heteroatoms. The normalized spacial score (nSPS) is 10.8. The number of imidazole rings is 1. The van der Waals surface area contributed by atoms with Crippen molar-refractivity contribution < 1.29 is 4.79 Å². The molecule has 2 rings (SSSR count). The molecule has 0 spiro atoms. The molecule has 0 aliphatic carbocycles. The molecule has 2 aromatic rings. The van der Waals surface area contributed by atoms with Crippen LogP contribution in [0.5, 0.6) is 0 Å². The summed E-state index contributed by atoms with van der Waals surface area (Å²) in [6, 6.07) is 9.21. The Morgan fingerprint density at radius 1 is 1.37 bits per heavy atom. The van der Waals surface area contributed by atoms with Crippen LogP contribution in [0.2, 0.25) is 0 Å². The fourth-order valence-electron chi connectivity index (χ4n) is 1.60. The van der Waals surface area contributed by atoms with Crippen LogP contribution in [0, 0.1) is 11.3 Å². The number of benzene rings is 1. The number of carbonyl (C=O) groups is 1. The first-order valence-electron chi connectivity index (χ1n) is 5.84. The van der Waals surface area contributed by atoms with E-state index < -0.39 is 5.41 Å². The van der Waals surface area contributed by atoms with Crippen LogP contribution in [0.3, 0.4) is 0 Å². The van der Waals surface area contributed by atoms with Gasteiger partial charge >= 0.3 is 6.03 Å². The second-order valence-corrected chi connectivity index (χ2v) is 4.71. The van der Waals surface area contributed by atoms with Crippen LogP contribution in [-0.4, -0.2) is 15.6 Å². The van der Waals surface area contributed by atoms with Crippen LogP contribution in [0.4, 0.5) is 10.5 Å². The summed E-state index contributed by atoms with van der Waals surface area (Å²) < 4.78 is 1.35. The van der Waals surface area contributed by atoms with E-state index in [1.54, 1.807) is 18.3 Å². The lowest BCUT2D eigenvalue weighted by atomic mass is 9.86. The summed E-state index contributed by atoms with van der Waals surface area (Å²) in [5.41, 5.74) is 1.05. The third kappa shape index (κ3) is 2.80. The Balaban J connectivity index is 2.12. The van der Waals surface area contributed by atoms with Crippen molar-refractivity contribution in [3.05, 3.63) is 48.5 Å². The van der Waals surface area contributed by atoms with Crippen molar-refractivity contribution in [1.82, 2.24) is 9.55 Å². The van der Waals surface area contributed by atoms with E-state index in [4.69, 9.17) is 5.26 Å². The summed E-state index contributed by atoms with van der Waals surface area (Å²) in [5.74, 6) is 0. The van der Waals surface area contributed by atoms with Gasteiger partial charge in [0.1, 0.15) is 6.33 Å². The second kappa shape index (κ2) is 4.94. The minimum Gasteiger partial charge on any atom is -0.307 e. The number of hydrogen-bond acceptors (Lipinski definition) is 3. The number of rotatable bonds is 2. The van der Waals surface area contributed by atoms with Gasteiger partial charge in [-0.3, -0.25) is 4.57 Å². The third-order valence-corrected chi connectivity index (χ3v) is 2.88. The van der Waals surface area contributed by atoms with Crippen LogP contribution < -0.4 is 5.32 Å². The van der Waals surface area contributed by atoms with Crippen molar-refractivity contribution in [1.29, 1.82) is 5.26 Å². The average molecular weight is 254 g/mol. The molecule has 1 aromatic carbocycles. The molecule has 0 aliphatic heterocycles. The van der Waals surface area contributed by atoms with Crippen LogP contribution in [0.25, 0.3) is 0 Å². The first-order valence-corrected chi connectivity index (χ1v) is 5.84. The molecule has 1 heterocycles. The van der Waals surface area contributed by atoms with Crippen LogP contribution >= 0.6 is 0 Å². The Morgan fingerprint density at radius 2 is 2.05 bits per heavy atom. The zero-order chi connectivity index (χ0) is 13.9. The Morgan fingerprint density at radius 3 is 2.58 bits per heavy atom. The van der Waals surface area contributed by atoms with Crippen LogP contribution in [-0.2, 0) is 5.41 Å². The largest absolute Gasteiger partial charge is 0.331 e. The maximum absolute atomic E-state index is 11.8. The van der Waals surface area contributed by atoms with Gasteiger partial charge in [0, 0.05) is 18.1 Å². The molecule has 5 nitrogen and oxygen atoms in total. The summed E-state index contributed by atoms with van der Waals surface area (Å²) in [5, 5.41) is 11.8. The molecule has 0 aliphatic rings. The fraction of sp³-hybridized carbons (Fsp3) is 0.214. The highest BCUT2D eigenvalue weighted by molar-refractivity contribution is 5.90. The van der Waals surface area contributed by atoms with E-state index in [0.717, 1.165) is 5.56 Å². The van der Waals surface area contributed by atoms with Gasteiger partial charge in [0.2, 0.25) is 0 Å². The van der Waals surface area contributed by atoms with Crippen molar-refractivity contribution in [3.8, 4) is 6.07 Å². The maximum atomic E-state index is 11.8. The minimum atomic E-state index is -0.535. The summed E-state index contributed by atoms with van der Waals surface area (Å²) in [4.78, 5) is 15.6. The highest BCUT2D eigenvalue weighted by atomic mass is 16.2. The molecular weight excluding hydrogens is 240 g/mol. The number of aromatic nitrogens is 2. The van der Waals surface area contributed by atoms with E-state index in [2.05, 4.69) is 16.4 Å². The predicted molar refractivity (Wildman–Crippen MR) is 71.7 cm³/mol. The smallest absolute Gasteiger partial charge is 0.307 e. The number of nitriles is 1. The summed E-state index contributed by atoms with van der Waals surface area (Å²) in [7, 11) is 0. The number of anilines is 1. The molecule has 1 amide bonds.